The molecule has 262 valence electrons. The summed E-state index contributed by atoms with van der Waals surface area (Å²) in [6.45, 7) is 19.5. The number of hydrogen-bond donors (Lipinski definition) is 4. The summed E-state index contributed by atoms with van der Waals surface area (Å²) in [6, 6.07) is 9.40. The fourth-order valence-corrected chi connectivity index (χ4v) is 4.72. The molecule has 1 fully saturated rings. The van der Waals surface area contributed by atoms with Crippen molar-refractivity contribution in [3.8, 4) is 12.3 Å². The van der Waals surface area contributed by atoms with Crippen molar-refractivity contribution in [3.05, 3.63) is 35.9 Å². The van der Waals surface area contributed by atoms with E-state index in [1.165, 1.54) is 37.7 Å². The largest absolute Gasteiger partial charge is 0.391 e. The third-order valence-corrected chi connectivity index (χ3v) is 7.65. The fourth-order valence-electron chi connectivity index (χ4n) is 3.84. The lowest BCUT2D eigenvalue weighted by Gasteiger charge is -2.18. The number of nitrogens with two attached hydrogens (primary N) is 1. The van der Waals surface area contributed by atoms with Crippen molar-refractivity contribution in [3.63, 3.8) is 0 Å². The number of aliphatic hydroxyl groups is 1. The van der Waals surface area contributed by atoms with E-state index in [-0.39, 0.29) is 31.0 Å². The molecule has 45 heavy (non-hydrogen) atoms. The molecule has 2 amide bonds. The van der Waals surface area contributed by atoms with Crippen LogP contribution in [0.4, 0.5) is 0 Å². The molecule has 0 radical (unpaired) electrons. The zero-order valence-electron chi connectivity index (χ0n) is 30.2. The Morgan fingerprint density at radius 3 is 1.98 bits per heavy atom. The number of carbonyl (C=O) groups excluding carboxylic acids is 2. The number of benzene rings is 1. The van der Waals surface area contributed by atoms with E-state index in [1.807, 2.05) is 32.0 Å². The second-order valence-corrected chi connectivity index (χ2v) is 14.1. The van der Waals surface area contributed by atoms with E-state index < -0.39 is 28.9 Å². The lowest BCUT2D eigenvalue weighted by atomic mass is 9.91. The summed E-state index contributed by atoms with van der Waals surface area (Å²) in [7, 11) is -1.15. The Hall–Kier alpha value is -2.21. The number of amides is 2. The second-order valence-electron chi connectivity index (χ2n) is 12.4. The number of aliphatic hydroxyl groups excluding tert-OH is 1. The van der Waals surface area contributed by atoms with Crippen LogP contribution < -0.4 is 16.4 Å². The Kier molecular flexibility index (Phi) is 34.8. The van der Waals surface area contributed by atoms with Crippen LogP contribution in [0.5, 0.6) is 0 Å². The molecule has 2 unspecified atom stereocenters. The molecular weight excluding hydrogens is 582 g/mol. The van der Waals surface area contributed by atoms with E-state index in [1.54, 1.807) is 0 Å². The minimum absolute atomic E-state index is 0.0397. The predicted molar refractivity (Wildman–Crippen MR) is 195 cm³/mol. The summed E-state index contributed by atoms with van der Waals surface area (Å²) in [4.78, 5) is 24.0. The standard InChI is InChI=1S/C17H31N3O4S.C7H14.C7H8.C4H10.C2H6/c1-4-5-15(20-16(22)8-10-25(24)11-9-18)17(23)19-12-14(21)7-6-13(2)3;2*1-7-5-3-2-4-6-7;1-4(2)3;1-2/h1,13-15,21H,5-12,18H2,2-3H3,(H,19,23)(H,20,22);7H,2-6H2,1H3;2-6H,1H3;4H,1-3H3;1-2H3/t14?,15-,25?;;;;/m0..../s1. The summed E-state index contributed by atoms with van der Waals surface area (Å²) >= 11 is 0. The third kappa shape index (κ3) is 36.1. The lowest BCUT2D eigenvalue weighted by Crippen LogP contribution is -2.48. The Bertz CT molecular complexity index is 879. The van der Waals surface area contributed by atoms with Gasteiger partial charge in [0.05, 0.1) is 6.10 Å². The highest BCUT2D eigenvalue weighted by Gasteiger charge is 2.20. The molecular formula is C37H69N3O4S. The minimum Gasteiger partial charge on any atom is -0.391 e. The van der Waals surface area contributed by atoms with Crippen LogP contribution in [-0.2, 0) is 20.4 Å². The molecule has 1 saturated carbocycles. The normalized spacial score (nSPS) is 14.2. The first-order chi connectivity index (χ1) is 21.3. The molecule has 1 aromatic carbocycles. The molecule has 1 aliphatic rings. The average molecular weight is 652 g/mol. The number of nitrogens with one attached hydrogen (secondary N) is 2. The van der Waals surface area contributed by atoms with E-state index >= 15 is 0 Å². The molecule has 5 N–H and O–H groups in total. The molecule has 0 bridgehead atoms. The molecule has 0 aliphatic heterocycles. The van der Waals surface area contributed by atoms with E-state index in [4.69, 9.17) is 12.2 Å². The van der Waals surface area contributed by atoms with Gasteiger partial charge in [0.1, 0.15) is 6.04 Å². The van der Waals surface area contributed by atoms with Crippen molar-refractivity contribution in [1.29, 1.82) is 0 Å². The first-order valence-corrected chi connectivity index (χ1v) is 18.6. The van der Waals surface area contributed by atoms with Gasteiger partial charge in [0, 0.05) is 48.2 Å². The quantitative estimate of drug-likeness (QED) is 0.175. The van der Waals surface area contributed by atoms with Crippen LogP contribution >= 0.6 is 0 Å². The maximum atomic E-state index is 12.1. The summed E-state index contributed by atoms with van der Waals surface area (Å²) < 4.78 is 11.5. The van der Waals surface area contributed by atoms with Crippen LogP contribution in [0.25, 0.3) is 0 Å². The molecule has 0 heterocycles. The van der Waals surface area contributed by atoms with Gasteiger partial charge in [-0.1, -0.05) is 123 Å². The van der Waals surface area contributed by atoms with Crippen molar-refractivity contribution < 1.29 is 18.9 Å². The minimum atomic E-state index is -1.15. The average Bonchev–Trinajstić information content (AvgIpc) is 3.00. The molecule has 0 saturated heterocycles. The number of terminal acetylenes is 1. The summed E-state index contributed by atoms with van der Waals surface area (Å²) in [5, 5.41) is 15.0. The van der Waals surface area contributed by atoms with Crippen molar-refractivity contribution in [2.75, 3.05) is 24.6 Å². The van der Waals surface area contributed by atoms with E-state index in [2.05, 4.69) is 77.2 Å². The summed E-state index contributed by atoms with van der Waals surface area (Å²) in [5.41, 5.74) is 6.62. The van der Waals surface area contributed by atoms with Gasteiger partial charge in [-0.25, -0.2) is 0 Å². The van der Waals surface area contributed by atoms with Gasteiger partial charge in [0.25, 0.3) is 0 Å². The molecule has 1 aromatic rings. The van der Waals surface area contributed by atoms with Gasteiger partial charge in [-0.2, -0.15) is 0 Å². The van der Waals surface area contributed by atoms with Gasteiger partial charge < -0.3 is 21.5 Å². The van der Waals surface area contributed by atoms with Gasteiger partial charge in [-0.3, -0.25) is 13.8 Å². The monoisotopic (exact) mass is 652 g/mol. The van der Waals surface area contributed by atoms with Gasteiger partial charge >= 0.3 is 0 Å². The molecule has 3 atom stereocenters. The van der Waals surface area contributed by atoms with Gasteiger partial charge in [-0.05, 0) is 37.5 Å². The van der Waals surface area contributed by atoms with Crippen LogP contribution in [0.1, 0.15) is 119 Å². The molecule has 0 spiro atoms. The number of rotatable bonds is 13. The van der Waals surface area contributed by atoms with Crippen LogP contribution in [0.3, 0.4) is 0 Å². The van der Waals surface area contributed by atoms with Gasteiger partial charge in [-0.15, -0.1) is 12.3 Å². The Balaban J connectivity index is -0.000000699. The molecule has 0 aromatic heterocycles. The van der Waals surface area contributed by atoms with E-state index in [0.717, 1.165) is 18.3 Å². The molecule has 8 heteroatoms. The summed E-state index contributed by atoms with van der Waals surface area (Å²) in [6.07, 6.45) is 13.6. The molecule has 7 nitrogen and oxygen atoms in total. The van der Waals surface area contributed by atoms with E-state index in [0.29, 0.717) is 24.6 Å². The highest BCUT2D eigenvalue weighted by Crippen LogP contribution is 2.22. The van der Waals surface area contributed by atoms with Crippen LogP contribution in [0.15, 0.2) is 30.3 Å². The SMILES string of the molecule is C#CC[C@H](NC(=O)CCS(=O)CCN)C(=O)NCC(O)CCC(C)C.CC.CC(C)C.CC1CCCCC1.Cc1ccccc1. The fraction of sp³-hybridized carbons (Fsp3) is 0.730. The first-order valence-electron chi connectivity index (χ1n) is 17.1. The smallest absolute Gasteiger partial charge is 0.243 e. The van der Waals surface area contributed by atoms with E-state index in [9.17, 15) is 18.9 Å². The number of aryl methyl sites for hydroxylation is 1. The zero-order valence-corrected chi connectivity index (χ0v) is 31.0. The second kappa shape index (κ2) is 33.2. The lowest BCUT2D eigenvalue weighted by molar-refractivity contribution is -0.129. The Labute approximate surface area is 280 Å². The van der Waals surface area contributed by atoms with Crippen LogP contribution in [0, 0.1) is 37.0 Å². The zero-order chi connectivity index (χ0) is 35.0. The highest BCUT2D eigenvalue weighted by molar-refractivity contribution is 7.85. The number of hydrogen-bond acceptors (Lipinski definition) is 5. The van der Waals surface area contributed by atoms with Crippen LogP contribution in [-0.4, -0.2) is 57.9 Å². The van der Waals surface area contributed by atoms with Gasteiger partial charge in [0.2, 0.25) is 11.8 Å². The summed E-state index contributed by atoms with van der Waals surface area (Å²) in [5.74, 6) is 4.42. The third-order valence-electron chi connectivity index (χ3n) is 6.30. The molecule has 2 rings (SSSR count). The number of carbonyl (C=O) groups is 2. The maximum Gasteiger partial charge on any atom is 0.243 e. The van der Waals surface area contributed by atoms with Gasteiger partial charge in [0.15, 0.2) is 0 Å². The van der Waals surface area contributed by atoms with Crippen molar-refractivity contribution >= 4 is 22.6 Å². The Morgan fingerprint density at radius 2 is 1.58 bits per heavy atom. The molecule has 1 aliphatic carbocycles. The van der Waals surface area contributed by atoms with Crippen LogP contribution in [0.2, 0.25) is 0 Å². The Morgan fingerprint density at radius 1 is 1.02 bits per heavy atom. The first kappa shape index (κ1) is 47.2. The van der Waals surface area contributed by atoms with Crippen molar-refractivity contribution in [2.24, 2.45) is 23.5 Å². The van der Waals surface area contributed by atoms with Crippen molar-refractivity contribution in [2.45, 2.75) is 132 Å². The maximum absolute atomic E-state index is 12.1. The topological polar surface area (TPSA) is 122 Å². The highest BCUT2D eigenvalue weighted by atomic mass is 32.2. The van der Waals surface area contributed by atoms with Crippen molar-refractivity contribution in [1.82, 2.24) is 10.6 Å². The predicted octanol–water partition coefficient (Wildman–Crippen LogP) is 6.78.